The summed E-state index contributed by atoms with van der Waals surface area (Å²) in [5, 5.41) is 21.0. The molecule has 7 heteroatoms. The van der Waals surface area contributed by atoms with Gasteiger partial charge in [0.15, 0.2) is 0 Å². The van der Waals surface area contributed by atoms with Crippen LogP contribution in [0.15, 0.2) is 30.5 Å². The van der Waals surface area contributed by atoms with E-state index in [1.54, 1.807) is 6.20 Å². The van der Waals surface area contributed by atoms with E-state index in [0.717, 1.165) is 53.7 Å². The topological polar surface area (TPSA) is 113 Å². The third-order valence-corrected chi connectivity index (χ3v) is 4.56. The van der Waals surface area contributed by atoms with Gasteiger partial charge in [-0.25, -0.2) is 4.98 Å². The Labute approximate surface area is 139 Å². The van der Waals surface area contributed by atoms with Crippen molar-refractivity contribution < 1.29 is 5.11 Å². The molecule has 0 spiro atoms. The number of rotatable bonds is 3. The summed E-state index contributed by atoms with van der Waals surface area (Å²) in [4.78, 5) is 8.74. The van der Waals surface area contributed by atoms with E-state index in [-0.39, 0.29) is 12.1 Å². The number of nitrogens with two attached hydrogens (primary N) is 1. The Morgan fingerprint density at radius 2 is 1.96 bits per heavy atom. The molecule has 1 aliphatic rings. The number of aliphatic hydroxyl groups excluding tert-OH is 1. The number of aliphatic hydroxyl groups is 1. The van der Waals surface area contributed by atoms with E-state index in [9.17, 15) is 5.11 Å². The van der Waals surface area contributed by atoms with Crippen molar-refractivity contribution in [3.8, 4) is 11.3 Å². The molecular formula is C17H20N6O. The Hall–Kier alpha value is -2.67. The number of hydrogen-bond donors (Lipinski definition) is 4. The molecule has 4 rings (SSSR count). The molecule has 0 aliphatic heterocycles. The van der Waals surface area contributed by atoms with Crippen molar-refractivity contribution in [1.29, 1.82) is 0 Å². The molecule has 0 amide bonds. The number of anilines is 2. The van der Waals surface area contributed by atoms with Crippen LogP contribution in [0.5, 0.6) is 0 Å². The number of fused-ring (bicyclic) bond motifs is 1. The quantitative estimate of drug-likeness (QED) is 0.588. The zero-order valence-corrected chi connectivity index (χ0v) is 13.2. The fourth-order valence-corrected chi connectivity index (χ4v) is 3.26. The maximum absolute atomic E-state index is 9.65. The lowest BCUT2D eigenvalue weighted by atomic mass is 9.93. The average molecular weight is 324 g/mol. The van der Waals surface area contributed by atoms with Crippen molar-refractivity contribution in [2.45, 2.75) is 37.8 Å². The van der Waals surface area contributed by atoms with E-state index in [2.05, 4.69) is 25.5 Å². The highest BCUT2D eigenvalue weighted by atomic mass is 16.3. The number of nitrogens with one attached hydrogen (secondary N) is 2. The second kappa shape index (κ2) is 6.09. The molecule has 1 fully saturated rings. The average Bonchev–Trinajstić information content (AvgIpc) is 3.11. The van der Waals surface area contributed by atoms with Gasteiger partial charge in [-0.3, -0.25) is 5.10 Å². The van der Waals surface area contributed by atoms with Gasteiger partial charge in [-0.2, -0.15) is 10.1 Å². The number of H-pyrrole nitrogens is 1. The first kappa shape index (κ1) is 14.9. The molecule has 0 radical (unpaired) electrons. The predicted molar refractivity (Wildman–Crippen MR) is 93.4 cm³/mol. The van der Waals surface area contributed by atoms with Crippen molar-refractivity contribution in [1.82, 2.24) is 20.2 Å². The van der Waals surface area contributed by atoms with Gasteiger partial charge in [-0.15, -0.1) is 0 Å². The highest BCUT2D eigenvalue weighted by Gasteiger charge is 2.20. The first-order chi connectivity index (χ1) is 11.7. The van der Waals surface area contributed by atoms with E-state index in [0.29, 0.717) is 6.04 Å². The Balaban J connectivity index is 1.68. The van der Waals surface area contributed by atoms with Crippen LogP contribution in [0.4, 0.5) is 11.8 Å². The van der Waals surface area contributed by atoms with Crippen LogP contribution in [0.25, 0.3) is 22.2 Å². The summed E-state index contributed by atoms with van der Waals surface area (Å²) in [7, 11) is 0. The molecule has 0 unspecified atom stereocenters. The fourth-order valence-electron chi connectivity index (χ4n) is 3.26. The first-order valence-corrected chi connectivity index (χ1v) is 8.20. The lowest BCUT2D eigenvalue weighted by molar-refractivity contribution is 0.126. The second-order valence-corrected chi connectivity index (χ2v) is 6.28. The molecule has 3 aromatic rings. The van der Waals surface area contributed by atoms with Crippen molar-refractivity contribution in [3.63, 3.8) is 0 Å². The number of nitrogen functional groups attached to an aromatic ring is 1. The van der Waals surface area contributed by atoms with Crippen molar-refractivity contribution >= 4 is 22.7 Å². The molecule has 0 bridgehead atoms. The molecule has 1 aromatic carbocycles. The fraction of sp³-hybridized carbons (Fsp3) is 0.353. The van der Waals surface area contributed by atoms with E-state index in [1.807, 2.05) is 24.3 Å². The number of aromatic amines is 1. The summed E-state index contributed by atoms with van der Waals surface area (Å²) in [5.74, 6) is 1.01. The molecule has 2 heterocycles. The Kier molecular flexibility index (Phi) is 3.78. The SMILES string of the molecule is Nc1nc(NC2CCC(O)CC2)c2ccc(-c3ccn[nH]3)cc2n1. The Morgan fingerprint density at radius 1 is 1.12 bits per heavy atom. The number of hydrogen-bond acceptors (Lipinski definition) is 6. The van der Waals surface area contributed by atoms with E-state index in [1.165, 1.54) is 0 Å². The first-order valence-electron chi connectivity index (χ1n) is 8.20. The minimum Gasteiger partial charge on any atom is -0.393 e. The summed E-state index contributed by atoms with van der Waals surface area (Å²) in [6.07, 6.45) is 5.04. The largest absolute Gasteiger partial charge is 0.393 e. The highest BCUT2D eigenvalue weighted by Crippen LogP contribution is 2.29. The standard InChI is InChI=1S/C17H20N6O/c18-17-21-15-9-10(14-7-8-19-23-14)1-6-13(15)16(22-17)20-11-2-4-12(24)5-3-11/h1,6-9,11-12,24H,2-5H2,(H,19,23)(H3,18,20,21,22). The second-order valence-electron chi connectivity index (χ2n) is 6.28. The molecule has 1 saturated carbocycles. The minimum atomic E-state index is -0.174. The van der Waals surface area contributed by atoms with Crippen molar-refractivity contribution in [2.75, 3.05) is 11.1 Å². The van der Waals surface area contributed by atoms with Crippen LogP contribution in [-0.4, -0.2) is 37.4 Å². The van der Waals surface area contributed by atoms with Crippen molar-refractivity contribution in [3.05, 3.63) is 30.5 Å². The Bertz CT molecular complexity index is 840. The number of nitrogens with zero attached hydrogens (tertiary/aromatic N) is 3. The minimum absolute atomic E-state index is 0.174. The summed E-state index contributed by atoms with van der Waals surface area (Å²) in [6.45, 7) is 0. The summed E-state index contributed by atoms with van der Waals surface area (Å²) in [5.41, 5.74) is 8.64. The van der Waals surface area contributed by atoms with Gasteiger partial charge in [0.2, 0.25) is 5.95 Å². The van der Waals surface area contributed by atoms with E-state index >= 15 is 0 Å². The maximum atomic E-state index is 9.65. The van der Waals surface area contributed by atoms with Gasteiger partial charge in [0, 0.05) is 23.2 Å². The van der Waals surface area contributed by atoms with Crippen LogP contribution in [0.2, 0.25) is 0 Å². The number of benzene rings is 1. The summed E-state index contributed by atoms with van der Waals surface area (Å²) in [6, 6.07) is 8.23. The van der Waals surface area contributed by atoms with Gasteiger partial charge in [0.05, 0.1) is 17.3 Å². The summed E-state index contributed by atoms with van der Waals surface area (Å²) >= 11 is 0. The molecule has 5 N–H and O–H groups in total. The zero-order valence-electron chi connectivity index (χ0n) is 13.2. The van der Waals surface area contributed by atoms with Crippen LogP contribution < -0.4 is 11.1 Å². The van der Waals surface area contributed by atoms with Crippen LogP contribution in [0.1, 0.15) is 25.7 Å². The van der Waals surface area contributed by atoms with Gasteiger partial charge >= 0.3 is 0 Å². The maximum Gasteiger partial charge on any atom is 0.222 e. The normalized spacial score (nSPS) is 21.0. The summed E-state index contributed by atoms with van der Waals surface area (Å²) < 4.78 is 0. The molecule has 124 valence electrons. The zero-order chi connectivity index (χ0) is 16.5. The van der Waals surface area contributed by atoms with Crippen LogP contribution >= 0.6 is 0 Å². The number of aromatic nitrogens is 4. The van der Waals surface area contributed by atoms with Gasteiger partial charge in [0.1, 0.15) is 5.82 Å². The van der Waals surface area contributed by atoms with E-state index in [4.69, 9.17) is 5.73 Å². The van der Waals surface area contributed by atoms with Crippen LogP contribution in [0.3, 0.4) is 0 Å². The van der Waals surface area contributed by atoms with Gasteiger partial charge < -0.3 is 16.2 Å². The lowest BCUT2D eigenvalue weighted by Crippen LogP contribution is -2.28. The molecule has 2 aromatic heterocycles. The predicted octanol–water partition coefficient (Wildman–Crippen LogP) is 2.32. The molecule has 24 heavy (non-hydrogen) atoms. The van der Waals surface area contributed by atoms with Gasteiger partial charge in [-0.05, 0) is 43.9 Å². The highest BCUT2D eigenvalue weighted by molar-refractivity contribution is 5.92. The van der Waals surface area contributed by atoms with Crippen LogP contribution in [-0.2, 0) is 0 Å². The molecular weight excluding hydrogens is 304 g/mol. The van der Waals surface area contributed by atoms with Crippen molar-refractivity contribution in [2.24, 2.45) is 0 Å². The Morgan fingerprint density at radius 3 is 2.71 bits per heavy atom. The molecule has 7 nitrogen and oxygen atoms in total. The third-order valence-electron chi connectivity index (χ3n) is 4.56. The monoisotopic (exact) mass is 324 g/mol. The molecule has 0 saturated heterocycles. The third kappa shape index (κ3) is 2.90. The molecule has 1 aliphatic carbocycles. The molecule has 0 atom stereocenters. The van der Waals surface area contributed by atoms with Crippen LogP contribution in [0, 0.1) is 0 Å². The van der Waals surface area contributed by atoms with Gasteiger partial charge in [-0.1, -0.05) is 6.07 Å². The van der Waals surface area contributed by atoms with E-state index < -0.39 is 0 Å². The van der Waals surface area contributed by atoms with Gasteiger partial charge in [0.25, 0.3) is 0 Å². The lowest BCUT2D eigenvalue weighted by Gasteiger charge is -2.27. The smallest absolute Gasteiger partial charge is 0.222 e.